The van der Waals surface area contributed by atoms with Gasteiger partial charge in [-0.1, -0.05) is 0 Å². The number of methoxy groups -OCH3 is 1. The Bertz CT molecular complexity index is 703. The van der Waals surface area contributed by atoms with Crippen LogP contribution in [0.3, 0.4) is 0 Å². The van der Waals surface area contributed by atoms with Crippen LogP contribution in [0.4, 0.5) is 11.4 Å². The molecule has 7 nitrogen and oxygen atoms in total. The van der Waals surface area contributed by atoms with Crippen LogP contribution in [0.1, 0.15) is 10.5 Å². The van der Waals surface area contributed by atoms with Gasteiger partial charge in [-0.05, 0) is 24.3 Å². The summed E-state index contributed by atoms with van der Waals surface area (Å²) in [6, 6.07) is 8.77. The van der Waals surface area contributed by atoms with Gasteiger partial charge >= 0.3 is 0 Å². The summed E-state index contributed by atoms with van der Waals surface area (Å²) in [5.41, 5.74) is 1.80. The van der Waals surface area contributed by atoms with Crippen molar-refractivity contribution < 1.29 is 19.0 Å². The highest BCUT2D eigenvalue weighted by molar-refractivity contribution is 6.03. The number of anilines is 2. The van der Waals surface area contributed by atoms with Crippen LogP contribution < -0.4 is 20.1 Å². The highest BCUT2D eigenvalue weighted by Gasteiger charge is 2.14. The Hall–Kier alpha value is -2.80. The van der Waals surface area contributed by atoms with Gasteiger partial charge in [-0.3, -0.25) is 4.79 Å². The fraction of sp³-hybridized carbons (Fsp3) is 0.294. The van der Waals surface area contributed by atoms with Crippen molar-refractivity contribution in [1.82, 2.24) is 4.98 Å². The first-order valence-electron chi connectivity index (χ1n) is 7.66. The molecule has 1 amide bonds. The smallest absolute Gasteiger partial charge is 0.274 e. The Morgan fingerprint density at radius 3 is 2.71 bits per heavy atom. The van der Waals surface area contributed by atoms with Gasteiger partial charge in [0.05, 0.1) is 18.5 Å². The molecule has 2 aromatic rings. The van der Waals surface area contributed by atoms with Gasteiger partial charge < -0.3 is 24.8 Å². The van der Waals surface area contributed by atoms with Crippen molar-refractivity contribution in [3.63, 3.8) is 0 Å². The molecule has 0 atom stereocenters. The van der Waals surface area contributed by atoms with E-state index in [4.69, 9.17) is 14.2 Å². The first kappa shape index (κ1) is 16.1. The molecule has 24 heavy (non-hydrogen) atoms. The number of benzene rings is 1. The van der Waals surface area contributed by atoms with Crippen LogP contribution in [0.25, 0.3) is 0 Å². The van der Waals surface area contributed by atoms with Crippen LogP contribution in [0.5, 0.6) is 11.5 Å². The third-order valence-electron chi connectivity index (χ3n) is 3.43. The van der Waals surface area contributed by atoms with E-state index in [-0.39, 0.29) is 5.91 Å². The summed E-state index contributed by atoms with van der Waals surface area (Å²) in [6.07, 6.45) is 1.62. The standard InChI is InChI=1S/C17H19N3O4/c1-22-7-6-18-13-2-4-14(19-11-13)17(21)20-12-3-5-15-16(10-12)24-9-8-23-15/h2-5,10-11,18H,6-9H2,1H3,(H,20,21). The monoisotopic (exact) mass is 329 g/mol. The van der Waals surface area contributed by atoms with Crippen LogP contribution in [0.15, 0.2) is 36.5 Å². The fourth-order valence-corrected chi connectivity index (χ4v) is 2.25. The number of rotatable bonds is 6. The number of carbonyl (C=O) groups is 1. The van der Waals surface area contributed by atoms with Crippen LogP contribution >= 0.6 is 0 Å². The second kappa shape index (κ2) is 7.65. The van der Waals surface area contributed by atoms with E-state index >= 15 is 0 Å². The quantitative estimate of drug-likeness (QED) is 0.791. The normalized spacial score (nSPS) is 12.5. The molecule has 0 aliphatic carbocycles. The van der Waals surface area contributed by atoms with Crippen LogP contribution in [-0.4, -0.2) is 44.4 Å². The number of nitrogens with zero attached hydrogens (tertiary/aromatic N) is 1. The summed E-state index contributed by atoms with van der Waals surface area (Å²) in [6.45, 7) is 2.32. The first-order chi connectivity index (χ1) is 11.8. The molecular formula is C17H19N3O4. The van der Waals surface area contributed by atoms with Crippen molar-refractivity contribution >= 4 is 17.3 Å². The van der Waals surface area contributed by atoms with E-state index in [1.807, 2.05) is 0 Å². The molecule has 0 saturated heterocycles. The Morgan fingerprint density at radius 2 is 1.96 bits per heavy atom. The number of hydrogen-bond acceptors (Lipinski definition) is 6. The predicted octanol–water partition coefficient (Wildman–Crippen LogP) is 2.16. The van der Waals surface area contributed by atoms with Crippen LogP contribution in [0.2, 0.25) is 0 Å². The van der Waals surface area contributed by atoms with Gasteiger partial charge in [-0.25, -0.2) is 4.98 Å². The second-order valence-electron chi connectivity index (χ2n) is 5.16. The number of pyridine rings is 1. The lowest BCUT2D eigenvalue weighted by atomic mass is 10.2. The summed E-state index contributed by atoms with van der Waals surface area (Å²) in [5, 5.41) is 5.95. The van der Waals surface area contributed by atoms with Crippen LogP contribution in [-0.2, 0) is 4.74 Å². The molecule has 3 rings (SSSR count). The molecular weight excluding hydrogens is 310 g/mol. The van der Waals surface area contributed by atoms with E-state index in [1.165, 1.54) is 0 Å². The van der Waals surface area contributed by atoms with Gasteiger partial charge in [0.2, 0.25) is 0 Å². The second-order valence-corrected chi connectivity index (χ2v) is 5.16. The topological polar surface area (TPSA) is 81.7 Å². The van der Waals surface area contributed by atoms with Gasteiger partial charge in [0.15, 0.2) is 11.5 Å². The van der Waals surface area contributed by atoms with E-state index in [1.54, 1.807) is 43.6 Å². The molecule has 1 aromatic carbocycles. The van der Waals surface area contributed by atoms with E-state index in [0.717, 1.165) is 5.69 Å². The summed E-state index contributed by atoms with van der Waals surface area (Å²) < 4.78 is 15.9. The molecule has 0 bridgehead atoms. The molecule has 0 fully saturated rings. The minimum Gasteiger partial charge on any atom is -0.486 e. The van der Waals surface area contributed by atoms with Gasteiger partial charge in [0.25, 0.3) is 5.91 Å². The molecule has 2 N–H and O–H groups in total. The molecule has 1 aliphatic heterocycles. The van der Waals surface area contributed by atoms with Crippen molar-refractivity contribution in [3.05, 3.63) is 42.2 Å². The Balaban J connectivity index is 1.62. The van der Waals surface area contributed by atoms with Gasteiger partial charge in [0, 0.05) is 25.4 Å². The van der Waals surface area contributed by atoms with Crippen molar-refractivity contribution in [3.8, 4) is 11.5 Å². The molecule has 0 radical (unpaired) electrons. The average Bonchev–Trinajstić information content (AvgIpc) is 2.62. The zero-order valence-corrected chi connectivity index (χ0v) is 13.4. The lowest BCUT2D eigenvalue weighted by molar-refractivity contribution is 0.102. The van der Waals surface area contributed by atoms with E-state index in [2.05, 4.69) is 15.6 Å². The third-order valence-corrected chi connectivity index (χ3v) is 3.43. The Labute approximate surface area is 139 Å². The molecule has 2 heterocycles. The number of ether oxygens (including phenoxy) is 3. The number of aromatic nitrogens is 1. The number of amides is 1. The van der Waals surface area contributed by atoms with Crippen molar-refractivity contribution in [2.45, 2.75) is 0 Å². The maximum absolute atomic E-state index is 12.3. The Morgan fingerprint density at radius 1 is 1.17 bits per heavy atom. The highest BCUT2D eigenvalue weighted by Crippen LogP contribution is 2.32. The summed E-state index contributed by atoms with van der Waals surface area (Å²) in [7, 11) is 1.64. The fourth-order valence-electron chi connectivity index (χ4n) is 2.25. The minimum absolute atomic E-state index is 0.282. The summed E-state index contributed by atoms with van der Waals surface area (Å²) in [5.74, 6) is 1.03. The Kier molecular flexibility index (Phi) is 5.12. The first-order valence-corrected chi connectivity index (χ1v) is 7.66. The molecule has 0 saturated carbocycles. The maximum atomic E-state index is 12.3. The van der Waals surface area contributed by atoms with E-state index < -0.39 is 0 Å². The average molecular weight is 329 g/mol. The van der Waals surface area contributed by atoms with Crippen molar-refractivity contribution in [1.29, 1.82) is 0 Å². The number of nitrogens with one attached hydrogen (secondary N) is 2. The van der Waals surface area contributed by atoms with E-state index in [0.29, 0.717) is 49.2 Å². The minimum atomic E-state index is -0.282. The highest BCUT2D eigenvalue weighted by atomic mass is 16.6. The van der Waals surface area contributed by atoms with E-state index in [9.17, 15) is 4.79 Å². The lowest BCUT2D eigenvalue weighted by Gasteiger charge is -2.18. The summed E-state index contributed by atoms with van der Waals surface area (Å²) in [4.78, 5) is 16.4. The molecule has 0 unspecified atom stereocenters. The van der Waals surface area contributed by atoms with Gasteiger partial charge in [-0.15, -0.1) is 0 Å². The molecule has 126 valence electrons. The number of hydrogen-bond donors (Lipinski definition) is 2. The SMILES string of the molecule is COCCNc1ccc(C(=O)Nc2ccc3c(c2)OCCO3)nc1. The van der Waals surface area contributed by atoms with Crippen molar-refractivity contribution in [2.24, 2.45) is 0 Å². The third kappa shape index (κ3) is 3.94. The zero-order chi connectivity index (χ0) is 16.8. The predicted molar refractivity (Wildman–Crippen MR) is 90.0 cm³/mol. The summed E-state index contributed by atoms with van der Waals surface area (Å²) >= 11 is 0. The lowest BCUT2D eigenvalue weighted by Crippen LogP contribution is -2.17. The van der Waals surface area contributed by atoms with Crippen molar-refractivity contribution in [2.75, 3.05) is 44.1 Å². The molecule has 1 aromatic heterocycles. The zero-order valence-electron chi connectivity index (χ0n) is 13.4. The van der Waals surface area contributed by atoms with Crippen LogP contribution in [0, 0.1) is 0 Å². The number of carbonyl (C=O) groups excluding carboxylic acids is 1. The molecule has 0 spiro atoms. The molecule has 1 aliphatic rings. The maximum Gasteiger partial charge on any atom is 0.274 e. The van der Waals surface area contributed by atoms with Gasteiger partial charge in [-0.2, -0.15) is 0 Å². The van der Waals surface area contributed by atoms with Gasteiger partial charge in [0.1, 0.15) is 18.9 Å². The largest absolute Gasteiger partial charge is 0.486 e. The number of fused-ring (bicyclic) bond motifs is 1. The molecule has 7 heteroatoms.